The molecule has 0 radical (unpaired) electrons. The van der Waals surface area contributed by atoms with Crippen LogP contribution in [0.3, 0.4) is 0 Å². The van der Waals surface area contributed by atoms with Gasteiger partial charge in [-0.3, -0.25) is 4.79 Å². The summed E-state index contributed by atoms with van der Waals surface area (Å²) in [5, 5.41) is 6.13. The molecular weight excluding hydrogens is 326 g/mol. The number of hydrogen-bond donors (Lipinski definition) is 3. The quantitative estimate of drug-likeness (QED) is 0.735. The van der Waals surface area contributed by atoms with Crippen molar-refractivity contribution in [2.24, 2.45) is 5.92 Å². The number of hydrogen-bond acceptors (Lipinski definition) is 4. The summed E-state index contributed by atoms with van der Waals surface area (Å²) in [6, 6.07) is 6.39. The number of rotatable bonds is 5. The molecule has 22 heavy (non-hydrogen) atoms. The lowest BCUT2D eigenvalue weighted by Crippen LogP contribution is -2.33. The lowest BCUT2D eigenvalue weighted by atomic mass is 10.1. The Balaban J connectivity index is 0.00000242. The fourth-order valence-corrected chi connectivity index (χ4v) is 3.08. The van der Waals surface area contributed by atoms with Crippen LogP contribution in [0.15, 0.2) is 29.2 Å². The molecule has 0 saturated carbocycles. The predicted octanol–water partition coefficient (Wildman–Crippen LogP) is 0.803. The molecule has 2 rings (SSSR count). The first-order valence-electron chi connectivity index (χ1n) is 6.98. The molecule has 124 valence electrons. The van der Waals surface area contributed by atoms with Crippen molar-refractivity contribution in [2.75, 3.05) is 20.1 Å². The summed E-state index contributed by atoms with van der Waals surface area (Å²) in [5.74, 6) is 0.0656. The van der Waals surface area contributed by atoms with Crippen molar-refractivity contribution in [2.45, 2.75) is 24.3 Å². The van der Waals surface area contributed by atoms with E-state index in [0.717, 1.165) is 25.1 Å². The smallest absolute Gasteiger partial charge is 0.240 e. The minimum atomic E-state index is -3.42. The fourth-order valence-electron chi connectivity index (χ4n) is 2.35. The molecule has 0 spiro atoms. The van der Waals surface area contributed by atoms with Crippen LogP contribution in [0.5, 0.6) is 0 Å². The molecule has 2 unspecified atom stereocenters. The Morgan fingerprint density at radius 1 is 1.32 bits per heavy atom. The number of halogens is 1. The fraction of sp³-hybridized carbons (Fsp3) is 0.500. The normalized spacial score (nSPS) is 19.3. The number of sulfonamides is 1. The number of nitrogens with one attached hydrogen (secondary N) is 3. The van der Waals surface area contributed by atoms with Gasteiger partial charge in [0.05, 0.1) is 16.9 Å². The van der Waals surface area contributed by atoms with Gasteiger partial charge < -0.3 is 10.6 Å². The van der Waals surface area contributed by atoms with Crippen LogP contribution in [0.1, 0.15) is 24.9 Å². The van der Waals surface area contributed by atoms with Crippen LogP contribution in [-0.2, 0) is 14.8 Å². The summed E-state index contributed by atoms with van der Waals surface area (Å²) >= 11 is 0. The maximum atomic E-state index is 12.0. The second-order valence-electron chi connectivity index (χ2n) is 5.20. The van der Waals surface area contributed by atoms with Gasteiger partial charge in [-0.2, -0.15) is 0 Å². The molecule has 6 nitrogen and oxygen atoms in total. The molecule has 0 aromatic heterocycles. The van der Waals surface area contributed by atoms with Crippen molar-refractivity contribution in [1.29, 1.82) is 0 Å². The lowest BCUT2D eigenvalue weighted by Gasteiger charge is -2.17. The maximum Gasteiger partial charge on any atom is 0.240 e. The van der Waals surface area contributed by atoms with Gasteiger partial charge in [-0.05, 0) is 44.6 Å². The SMILES string of the molecule is CNS(=O)(=O)c1ccc(C(C)NC(=O)C2CCNC2)cc1.Cl. The van der Waals surface area contributed by atoms with Gasteiger partial charge in [0, 0.05) is 6.54 Å². The van der Waals surface area contributed by atoms with Gasteiger partial charge in [0.2, 0.25) is 15.9 Å². The van der Waals surface area contributed by atoms with Crippen LogP contribution in [0, 0.1) is 5.92 Å². The molecule has 1 fully saturated rings. The second kappa shape index (κ2) is 7.92. The van der Waals surface area contributed by atoms with E-state index in [1.807, 2.05) is 6.92 Å². The molecule has 1 heterocycles. The number of benzene rings is 1. The Hall–Kier alpha value is -1.15. The van der Waals surface area contributed by atoms with E-state index in [-0.39, 0.29) is 35.2 Å². The van der Waals surface area contributed by atoms with E-state index in [1.54, 1.807) is 24.3 Å². The zero-order chi connectivity index (χ0) is 15.5. The van der Waals surface area contributed by atoms with E-state index in [4.69, 9.17) is 0 Å². The zero-order valence-corrected chi connectivity index (χ0v) is 14.3. The van der Waals surface area contributed by atoms with Crippen LogP contribution < -0.4 is 15.4 Å². The number of amides is 1. The molecular formula is C14H22ClN3O3S. The molecule has 3 N–H and O–H groups in total. The van der Waals surface area contributed by atoms with Crippen LogP contribution >= 0.6 is 12.4 Å². The highest BCUT2D eigenvalue weighted by molar-refractivity contribution is 7.89. The molecule has 2 atom stereocenters. The van der Waals surface area contributed by atoms with Gasteiger partial charge in [-0.25, -0.2) is 13.1 Å². The lowest BCUT2D eigenvalue weighted by molar-refractivity contribution is -0.125. The van der Waals surface area contributed by atoms with Crippen molar-refractivity contribution < 1.29 is 13.2 Å². The second-order valence-corrected chi connectivity index (χ2v) is 7.08. The van der Waals surface area contributed by atoms with Crippen molar-refractivity contribution in [1.82, 2.24) is 15.4 Å². The topological polar surface area (TPSA) is 87.3 Å². The standard InChI is InChI=1S/C14H21N3O3S.ClH/c1-10(17-14(18)12-7-8-16-9-12)11-3-5-13(6-4-11)21(19,20)15-2;/h3-6,10,12,15-16H,7-9H2,1-2H3,(H,17,18);1H. The van der Waals surface area contributed by atoms with Crippen molar-refractivity contribution in [3.8, 4) is 0 Å². The largest absolute Gasteiger partial charge is 0.349 e. The molecule has 1 amide bonds. The van der Waals surface area contributed by atoms with Gasteiger partial charge in [0.1, 0.15) is 0 Å². The summed E-state index contributed by atoms with van der Waals surface area (Å²) in [6.45, 7) is 3.49. The average molecular weight is 348 g/mol. The van der Waals surface area contributed by atoms with E-state index in [9.17, 15) is 13.2 Å². The third-order valence-electron chi connectivity index (χ3n) is 3.75. The molecule has 8 heteroatoms. The molecule has 1 aromatic carbocycles. The molecule has 0 bridgehead atoms. The van der Waals surface area contributed by atoms with Crippen LogP contribution in [0.2, 0.25) is 0 Å². The first kappa shape index (κ1) is 18.9. The highest BCUT2D eigenvalue weighted by Crippen LogP contribution is 2.17. The van der Waals surface area contributed by atoms with Gasteiger partial charge in [0.25, 0.3) is 0 Å². The van der Waals surface area contributed by atoms with Crippen LogP contribution in [0.4, 0.5) is 0 Å². The summed E-state index contributed by atoms with van der Waals surface area (Å²) in [5.41, 5.74) is 0.879. The zero-order valence-electron chi connectivity index (χ0n) is 12.6. The Morgan fingerprint density at radius 3 is 2.45 bits per heavy atom. The molecule has 1 saturated heterocycles. The highest BCUT2D eigenvalue weighted by atomic mass is 35.5. The summed E-state index contributed by atoms with van der Waals surface area (Å²) < 4.78 is 25.6. The Kier molecular flexibility index (Phi) is 6.80. The van der Waals surface area contributed by atoms with E-state index in [2.05, 4.69) is 15.4 Å². The van der Waals surface area contributed by atoms with Crippen LogP contribution in [0.25, 0.3) is 0 Å². The van der Waals surface area contributed by atoms with Gasteiger partial charge in [-0.1, -0.05) is 12.1 Å². The summed E-state index contributed by atoms with van der Waals surface area (Å²) in [7, 11) is -2.05. The van der Waals surface area contributed by atoms with Crippen molar-refractivity contribution in [3.05, 3.63) is 29.8 Å². The molecule has 1 aliphatic heterocycles. The average Bonchev–Trinajstić information content (AvgIpc) is 3.01. The first-order chi connectivity index (χ1) is 9.94. The maximum absolute atomic E-state index is 12.0. The monoisotopic (exact) mass is 347 g/mol. The van der Waals surface area contributed by atoms with Crippen LogP contribution in [-0.4, -0.2) is 34.5 Å². The molecule has 0 aliphatic carbocycles. The number of carbonyl (C=O) groups excluding carboxylic acids is 1. The van der Waals surface area contributed by atoms with Gasteiger partial charge in [0.15, 0.2) is 0 Å². The van der Waals surface area contributed by atoms with Gasteiger partial charge >= 0.3 is 0 Å². The van der Waals surface area contributed by atoms with E-state index in [0.29, 0.717) is 0 Å². The summed E-state index contributed by atoms with van der Waals surface area (Å²) in [4.78, 5) is 12.3. The Labute approximate surface area is 137 Å². The summed E-state index contributed by atoms with van der Waals surface area (Å²) in [6.07, 6.45) is 0.859. The van der Waals surface area contributed by atoms with E-state index >= 15 is 0 Å². The first-order valence-corrected chi connectivity index (χ1v) is 8.47. The third-order valence-corrected chi connectivity index (χ3v) is 5.18. The number of carbonyl (C=O) groups is 1. The van der Waals surface area contributed by atoms with Crippen molar-refractivity contribution in [3.63, 3.8) is 0 Å². The van der Waals surface area contributed by atoms with E-state index < -0.39 is 10.0 Å². The Bertz CT molecular complexity index is 598. The van der Waals surface area contributed by atoms with E-state index in [1.165, 1.54) is 7.05 Å². The predicted molar refractivity (Wildman–Crippen MR) is 87.5 cm³/mol. The van der Waals surface area contributed by atoms with Crippen molar-refractivity contribution >= 4 is 28.3 Å². The molecule has 1 aliphatic rings. The Morgan fingerprint density at radius 2 is 1.95 bits per heavy atom. The van der Waals surface area contributed by atoms with Gasteiger partial charge in [-0.15, -0.1) is 12.4 Å². The third kappa shape index (κ3) is 4.42. The minimum Gasteiger partial charge on any atom is -0.349 e. The minimum absolute atomic E-state index is 0. The highest BCUT2D eigenvalue weighted by Gasteiger charge is 2.23. The molecule has 1 aromatic rings.